The molecule has 1 heterocycles. The van der Waals surface area contributed by atoms with Gasteiger partial charge in [-0.1, -0.05) is 19.3 Å². The maximum absolute atomic E-state index is 12.6. The van der Waals surface area contributed by atoms with Gasteiger partial charge in [-0.15, -0.1) is 0 Å². The smallest absolute Gasteiger partial charge is 0.318 e. The number of carboxylic acid groups (broad SMARTS) is 1. The van der Waals surface area contributed by atoms with Crippen LogP contribution >= 0.6 is 0 Å². The molecule has 0 bridgehead atoms. The number of aliphatic carboxylic acids is 1. The molecule has 1 atom stereocenters. The lowest BCUT2D eigenvalue weighted by molar-refractivity contribution is -0.140. The number of carbonyl (C=O) groups is 2. The maximum atomic E-state index is 12.6. The Morgan fingerprint density at radius 3 is 2.43 bits per heavy atom. The summed E-state index contributed by atoms with van der Waals surface area (Å²) in [5.41, 5.74) is -0.894. The zero-order chi connectivity index (χ0) is 15.5. The molecular weight excluding hydrogens is 272 g/mol. The minimum absolute atomic E-state index is 0.0180. The highest BCUT2D eigenvalue weighted by Crippen LogP contribution is 2.36. The molecule has 0 spiro atoms. The van der Waals surface area contributed by atoms with Crippen molar-refractivity contribution in [1.29, 1.82) is 0 Å². The number of hydrogen-bond donors (Lipinski definition) is 2. The van der Waals surface area contributed by atoms with Crippen LogP contribution in [0.15, 0.2) is 0 Å². The molecular formula is C15H26N2O4. The van der Waals surface area contributed by atoms with Gasteiger partial charge in [0.05, 0.1) is 24.1 Å². The van der Waals surface area contributed by atoms with Crippen molar-refractivity contribution in [3.63, 3.8) is 0 Å². The Labute approximate surface area is 125 Å². The number of amides is 2. The first-order valence-corrected chi connectivity index (χ1v) is 7.72. The molecule has 120 valence electrons. The Morgan fingerprint density at radius 2 is 1.90 bits per heavy atom. The van der Waals surface area contributed by atoms with E-state index in [1.165, 1.54) is 0 Å². The van der Waals surface area contributed by atoms with Crippen molar-refractivity contribution >= 4 is 12.0 Å². The summed E-state index contributed by atoms with van der Waals surface area (Å²) in [6.45, 7) is 3.13. The van der Waals surface area contributed by atoms with E-state index in [4.69, 9.17) is 4.74 Å². The number of ether oxygens (including phenoxy) is 1. The van der Waals surface area contributed by atoms with Gasteiger partial charge in [-0.05, 0) is 26.2 Å². The summed E-state index contributed by atoms with van der Waals surface area (Å²) in [5, 5.41) is 12.2. The van der Waals surface area contributed by atoms with Crippen molar-refractivity contribution in [1.82, 2.24) is 10.2 Å². The molecule has 0 aromatic carbocycles. The van der Waals surface area contributed by atoms with Crippen LogP contribution in [-0.2, 0) is 9.53 Å². The fourth-order valence-corrected chi connectivity index (χ4v) is 3.45. The molecule has 2 N–H and O–H groups in total. The number of nitrogens with one attached hydrogen (secondary N) is 1. The van der Waals surface area contributed by atoms with E-state index in [0.29, 0.717) is 13.2 Å². The monoisotopic (exact) mass is 298 g/mol. The standard InChI is InChI=1S/C15H26N2O4/c1-14(8-9-21-11-14)16-13(20)17(2)15(10-12(18)19)6-4-3-5-7-15/h3-11H2,1-2H3,(H,16,20)(H,18,19). The van der Waals surface area contributed by atoms with E-state index in [1.54, 1.807) is 11.9 Å². The lowest BCUT2D eigenvalue weighted by atomic mass is 9.78. The van der Waals surface area contributed by atoms with Crippen LogP contribution in [0.4, 0.5) is 4.79 Å². The van der Waals surface area contributed by atoms with Gasteiger partial charge >= 0.3 is 12.0 Å². The summed E-state index contributed by atoms with van der Waals surface area (Å²) in [4.78, 5) is 25.4. The molecule has 6 nitrogen and oxygen atoms in total. The number of hydrogen-bond acceptors (Lipinski definition) is 3. The third-order valence-corrected chi connectivity index (χ3v) is 4.91. The Kier molecular flexibility index (Phi) is 4.76. The summed E-state index contributed by atoms with van der Waals surface area (Å²) in [6.07, 6.45) is 5.40. The number of rotatable bonds is 4. The molecule has 2 amide bonds. The van der Waals surface area contributed by atoms with E-state index in [9.17, 15) is 14.7 Å². The average Bonchev–Trinajstić information content (AvgIpc) is 2.84. The molecule has 0 radical (unpaired) electrons. The second-order valence-electron chi connectivity index (χ2n) is 6.71. The van der Waals surface area contributed by atoms with E-state index in [0.717, 1.165) is 38.5 Å². The van der Waals surface area contributed by atoms with Crippen molar-refractivity contribution < 1.29 is 19.4 Å². The Morgan fingerprint density at radius 1 is 1.24 bits per heavy atom. The van der Waals surface area contributed by atoms with Crippen LogP contribution in [0.3, 0.4) is 0 Å². The molecule has 1 aliphatic carbocycles. The zero-order valence-corrected chi connectivity index (χ0v) is 13.0. The van der Waals surface area contributed by atoms with Crippen molar-refractivity contribution in [3.05, 3.63) is 0 Å². The van der Waals surface area contributed by atoms with E-state index >= 15 is 0 Å². The fraction of sp³-hybridized carbons (Fsp3) is 0.867. The quantitative estimate of drug-likeness (QED) is 0.832. The van der Waals surface area contributed by atoms with Gasteiger partial charge in [-0.2, -0.15) is 0 Å². The van der Waals surface area contributed by atoms with Crippen molar-refractivity contribution in [2.45, 2.75) is 62.9 Å². The van der Waals surface area contributed by atoms with Gasteiger partial charge in [0.1, 0.15) is 0 Å². The minimum Gasteiger partial charge on any atom is -0.481 e. The number of carbonyl (C=O) groups excluding carboxylic acids is 1. The summed E-state index contributed by atoms with van der Waals surface area (Å²) in [6, 6.07) is -0.189. The van der Waals surface area contributed by atoms with Gasteiger partial charge < -0.3 is 20.1 Å². The maximum Gasteiger partial charge on any atom is 0.318 e. The molecule has 1 saturated heterocycles. The number of carboxylic acids is 1. The Bertz CT molecular complexity index is 398. The summed E-state index contributed by atoms with van der Waals surface area (Å²) in [5.74, 6) is -0.841. The topological polar surface area (TPSA) is 78.9 Å². The SMILES string of the molecule is CN(C(=O)NC1(C)CCOC1)C1(CC(=O)O)CCCCC1. The van der Waals surface area contributed by atoms with Crippen LogP contribution in [-0.4, -0.2) is 53.3 Å². The predicted molar refractivity (Wildman–Crippen MR) is 78.2 cm³/mol. The molecule has 1 saturated carbocycles. The van der Waals surface area contributed by atoms with Gasteiger partial charge in [0.25, 0.3) is 0 Å². The molecule has 1 aliphatic heterocycles. The second-order valence-corrected chi connectivity index (χ2v) is 6.71. The Balaban J connectivity index is 2.07. The molecule has 0 aromatic heterocycles. The molecule has 2 fully saturated rings. The van der Waals surface area contributed by atoms with E-state index in [2.05, 4.69) is 5.32 Å². The number of urea groups is 1. The summed E-state index contributed by atoms with van der Waals surface area (Å²) >= 11 is 0. The van der Waals surface area contributed by atoms with Gasteiger partial charge in [-0.25, -0.2) is 4.79 Å². The van der Waals surface area contributed by atoms with Crippen molar-refractivity contribution in [2.24, 2.45) is 0 Å². The van der Waals surface area contributed by atoms with Gasteiger partial charge in [-0.3, -0.25) is 4.79 Å². The highest BCUT2D eigenvalue weighted by Gasteiger charge is 2.42. The summed E-state index contributed by atoms with van der Waals surface area (Å²) in [7, 11) is 1.72. The first kappa shape index (κ1) is 16.1. The highest BCUT2D eigenvalue weighted by atomic mass is 16.5. The third kappa shape index (κ3) is 3.67. The summed E-state index contributed by atoms with van der Waals surface area (Å²) < 4.78 is 5.35. The fourth-order valence-electron chi connectivity index (χ4n) is 3.45. The van der Waals surface area contributed by atoms with Crippen LogP contribution in [0.25, 0.3) is 0 Å². The average molecular weight is 298 g/mol. The largest absolute Gasteiger partial charge is 0.481 e. The van der Waals surface area contributed by atoms with Crippen LogP contribution in [0.1, 0.15) is 51.9 Å². The van der Waals surface area contributed by atoms with E-state index < -0.39 is 11.5 Å². The first-order valence-electron chi connectivity index (χ1n) is 7.72. The molecule has 2 rings (SSSR count). The van der Waals surface area contributed by atoms with E-state index in [1.807, 2.05) is 6.92 Å². The van der Waals surface area contributed by atoms with Crippen LogP contribution < -0.4 is 5.32 Å². The molecule has 0 aromatic rings. The van der Waals surface area contributed by atoms with Gasteiger partial charge in [0.15, 0.2) is 0 Å². The first-order chi connectivity index (χ1) is 9.87. The zero-order valence-electron chi connectivity index (χ0n) is 13.0. The molecule has 1 unspecified atom stereocenters. The minimum atomic E-state index is -0.841. The Hall–Kier alpha value is -1.30. The van der Waals surface area contributed by atoms with Gasteiger partial charge in [0, 0.05) is 13.7 Å². The van der Waals surface area contributed by atoms with Crippen LogP contribution in [0, 0.1) is 0 Å². The molecule has 21 heavy (non-hydrogen) atoms. The molecule has 2 aliphatic rings. The van der Waals surface area contributed by atoms with Crippen LogP contribution in [0.2, 0.25) is 0 Å². The third-order valence-electron chi connectivity index (χ3n) is 4.91. The lowest BCUT2D eigenvalue weighted by Gasteiger charge is -2.44. The normalized spacial score (nSPS) is 28.1. The predicted octanol–water partition coefficient (Wildman–Crippen LogP) is 1.98. The number of nitrogens with zero attached hydrogens (tertiary/aromatic N) is 1. The lowest BCUT2D eigenvalue weighted by Crippen LogP contribution is -2.59. The van der Waals surface area contributed by atoms with Crippen molar-refractivity contribution in [3.8, 4) is 0 Å². The van der Waals surface area contributed by atoms with E-state index in [-0.39, 0.29) is 18.0 Å². The van der Waals surface area contributed by atoms with Crippen molar-refractivity contribution in [2.75, 3.05) is 20.3 Å². The highest BCUT2D eigenvalue weighted by molar-refractivity contribution is 5.77. The second kappa shape index (κ2) is 6.22. The van der Waals surface area contributed by atoms with Crippen LogP contribution in [0.5, 0.6) is 0 Å². The van der Waals surface area contributed by atoms with Gasteiger partial charge in [0.2, 0.25) is 0 Å². The molecule has 6 heteroatoms.